The fourth-order valence-corrected chi connectivity index (χ4v) is 1.74. The van der Waals surface area contributed by atoms with E-state index >= 15 is 0 Å². The van der Waals surface area contributed by atoms with Crippen molar-refractivity contribution < 1.29 is 4.74 Å². The van der Waals surface area contributed by atoms with Crippen molar-refractivity contribution in [1.29, 1.82) is 0 Å². The highest BCUT2D eigenvalue weighted by Crippen LogP contribution is 2.19. The molecular weight excluding hydrogens is 211 g/mol. The summed E-state index contributed by atoms with van der Waals surface area (Å²) in [6.07, 6.45) is 0. The Morgan fingerprint density at radius 1 is 1.30 bits per heavy atom. The summed E-state index contributed by atoms with van der Waals surface area (Å²) >= 11 is 3.39. The first-order chi connectivity index (χ1) is 4.86. The Kier molecular flexibility index (Phi) is 3.17. The van der Waals surface area contributed by atoms with Crippen LogP contribution in [0.3, 0.4) is 0 Å². The highest BCUT2D eigenvalue weighted by molar-refractivity contribution is 9.37. The average Bonchev–Trinajstić information content (AvgIpc) is 2.05. The SMILES string of the molecule is COc1ccc(PBr)cc1. The first-order valence-electron chi connectivity index (χ1n) is 2.87. The van der Waals surface area contributed by atoms with E-state index < -0.39 is 0 Å². The normalized spacial score (nSPS) is 10.6. The molecule has 0 saturated heterocycles. The molecular formula is C7H8BrOP. The molecule has 0 fully saturated rings. The van der Waals surface area contributed by atoms with Gasteiger partial charge in [0.1, 0.15) is 5.75 Å². The minimum absolute atomic E-state index is 0.685. The summed E-state index contributed by atoms with van der Waals surface area (Å²) in [5.41, 5.74) is 0. The van der Waals surface area contributed by atoms with Crippen molar-refractivity contribution >= 4 is 28.1 Å². The van der Waals surface area contributed by atoms with Crippen LogP contribution in [0.2, 0.25) is 0 Å². The lowest BCUT2D eigenvalue weighted by molar-refractivity contribution is 0.415. The summed E-state index contributed by atoms with van der Waals surface area (Å²) in [4.78, 5) is 0. The van der Waals surface area contributed by atoms with Crippen molar-refractivity contribution in [1.82, 2.24) is 0 Å². The lowest BCUT2D eigenvalue weighted by Crippen LogP contribution is -1.90. The number of hydrogen-bond acceptors (Lipinski definition) is 1. The van der Waals surface area contributed by atoms with E-state index in [4.69, 9.17) is 4.74 Å². The van der Waals surface area contributed by atoms with Gasteiger partial charge in [-0.1, -0.05) is 27.6 Å². The molecule has 0 radical (unpaired) electrons. The van der Waals surface area contributed by atoms with Gasteiger partial charge in [0.2, 0.25) is 0 Å². The Hall–Kier alpha value is -0.0700. The lowest BCUT2D eigenvalue weighted by Gasteiger charge is -1.98. The molecule has 1 atom stereocenters. The van der Waals surface area contributed by atoms with Gasteiger partial charge in [0.25, 0.3) is 0 Å². The van der Waals surface area contributed by atoms with Gasteiger partial charge in [0, 0.05) is 0 Å². The van der Waals surface area contributed by atoms with Crippen molar-refractivity contribution in [2.45, 2.75) is 0 Å². The molecule has 1 aromatic rings. The van der Waals surface area contributed by atoms with E-state index in [9.17, 15) is 0 Å². The summed E-state index contributed by atoms with van der Waals surface area (Å²) < 4.78 is 5.00. The molecule has 0 N–H and O–H groups in total. The molecule has 10 heavy (non-hydrogen) atoms. The van der Waals surface area contributed by atoms with Crippen molar-refractivity contribution in [2.75, 3.05) is 7.11 Å². The quantitative estimate of drug-likeness (QED) is 0.693. The van der Waals surface area contributed by atoms with E-state index in [0.29, 0.717) is 7.28 Å². The fourth-order valence-electron chi connectivity index (χ4n) is 0.654. The van der Waals surface area contributed by atoms with Crippen LogP contribution < -0.4 is 10.0 Å². The Morgan fingerprint density at radius 2 is 1.90 bits per heavy atom. The van der Waals surface area contributed by atoms with Gasteiger partial charge < -0.3 is 4.74 Å². The highest BCUT2D eigenvalue weighted by Gasteiger charge is 1.89. The minimum Gasteiger partial charge on any atom is -0.497 e. The van der Waals surface area contributed by atoms with E-state index in [1.807, 2.05) is 24.3 Å². The molecule has 0 amide bonds. The monoisotopic (exact) mass is 218 g/mol. The maximum atomic E-state index is 5.00. The third kappa shape index (κ3) is 1.96. The van der Waals surface area contributed by atoms with E-state index in [1.165, 1.54) is 5.30 Å². The van der Waals surface area contributed by atoms with E-state index in [1.54, 1.807) is 7.11 Å². The van der Waals surface area contributed by atoms with Crippen molar-refractivity contribution in [2.24, 2.45) is 0 Å². The van der Waals surface area contributed by atoms with Gasteiger partial charge in [0.15, 0.2) is 0 Å². The van der Waals surface area contributed by atoms with E-state index in [-0.39, 0.29) is 0 Å². The predicted molar refractivity (Wildman–Crippen MR) is 49.9 cm³/mol. The molecule has 0 aliphatic heterocycles. The molecule has 1 rings (SSSR count). The zero-order valence-corrected chi connectivity index (χ0v) is 8.18. The molecule has 0 heterocycles. The first kappa shape index (κ1) is 8.03. The zero-order chi connectivity index (χ0) is 7.40. The summed E-state index contributed by atoms with van der Waals surface area (Å²) in [5.74, 6) is 0.912. The van der Waals surface area contributed by atoms with Crippen LogP contribution in [0.1, 0.15) is 0 Å². The largest absolute Gasteiger partial charge is 0.497 e. The highest BCUT2D eigenvalue weighted by atomic mass is 79.9. The zero-order valence-electron chi connectivity index (χ0n) is 5.60. The standard InChI is InChI=1S/C7H8BrOP/c1-9-6-2-4-7(10-8)5-3-6/h2-5,10H,1H3. The van der Waals surface area contributed by atoms with Gasteiger partial charge in [-0.25, -0.2) is 0 Å². The van der Waals surface area contributed by atoms with Crippen LogP contribution in [0.25, 0.3) is 0 Å². The topological polar surface area (TPSA) is 9.23 Å². The number of hydrogen-bond donors (Lipinski definition) is 0. The lowest BCUT2D eigenvalue weighted by atomic mass is 10.3. The third-order valence-electron chi connectivity index (χ3n) is 1.20. The van der Waals surface area contributed by atoms with Gasteiger partial charge in [-0.3, -0.25) is 0 Å². The summed E-state index contributed by atoms with van der Waals surface area (Å²) in [5, 5.41) is 1.29. The van der Waals surface area contributed by atoms with Crippen LogP contribution in [-0.4, -0.2) is 7.11 Å². The van der Waals surface area contributed by atoms with E-state index in [2.05, 4.69) is 15.5 Å². The van der Waals surface area contributed by atoms with E-state index in [0.717, 1.165) is 5.75 Å². The Labute approximate surface area is 70.3 Å². The molecule has 54 valence electrons. The van der Waals surface area contributed by atoms with Crippen LogP contribution in [0.15, 0.2) is 24.3 Å². The molecule has 1 aromatic carbocycles. The van der Waals surface area contributed by atoms with Gasteiger partial charge >= 0.3 is 0 Å². The Balaban J connectivity index is 2.80. The maximum Gasteiger partial charge on any atom is 0.118 e. The van der Waals surface area contributed by atoms with Crippen molar-refractivity contribution in [3.8, 4) is 5.75 Å². The third-order valence-corrected chi connectivity index (χ3v) is 3.12. The number of halogens is 1. The number of benzene rings is 1. The van der Waals surface area contributed by atoms with Crippen molar-refractivity contribution in [3.63, 3.8) is 0 Å². The summed E-state index contributed by atoms with van der Waals surface area (Å²) in [6, 6.07) is 8.02. The minimum atomic E-state index is 0.685. The first-order valence-corrected chi connectivity index (χ1v) is 6.13. The van der Waals surface area contributed by atoms with Crippen LogP contribution in [-0.2, 0) is 0 Å². The van der Waals surface area contributed by atoms with Gasteiger partial charge in [0.05, 0.1) is 7.11 Å². The molecule has 0 bridgehead atoms. The molecule has 1 unspecified atom stereocenters. The molecule has 0 aliphatic rings. The molecule has 1 nitrogen and oxygen atoms in total. The number of methoxy groups -OCH3 is 1. The maximum absolute atomic E-state index is 5.00. The predicted octanol–water partition coefficient (Wildman–Crippen LogP) is 2.31. The second kappa shape index (κ2) is 3.95. The second-order valence-electron chi connectivity index (χ2n) is 1.82. The molecule has 0 saturated carbocycles. The summed E-state index contributed by atoms with van der Waals surface area (Å²) in [6.45, 7) is 0. The van der Waals surface area contributed by atoms with Crippen molar-refractivity contribution in [3.05, 3.63) is 24.3 Å². The average molecular weight is 219 g/mol. The van der Waals surface area contributed by atoms with Crippen LogP contribution >= 0.6 is 22.8 Å². The Morgan fingerprint density at radius 3 is 2.30 bits per heavy atom. The second-order valence-corrected chi connectivity index (χ2v) is 3.78. The van der Waals surface area contributed by atoms with Crippen LogP contribution in [0.4, 0.5) is 0 Å². The smallest absolute Gasteiger partial charge is 0.118 e. The van der Waals surface area contributed by atoms with Gasteiger partial charge in [-0.15, -0.1) is 0 Å². The molecule has 0 aromatic heterocycles. The van der Waals surface area contributed by atoms with Gasteiger partial charge in [-0.2, -0.15) is 0 Å². The number of rotatable bonds is 2. The fraction of sp³-hybridized carbons (Fsp3) is 0.143. The molecule has 3 heteroatoms. The summed E-state index contributed by atoms with van der Waals surface area (Å²) in [7, 11) is 2.36. The molecule has 0 spiro atoms. The van der Waals surface area contributed by atoms with Gasteiger partial charge in [-0.05, 0) is 24.7 Å². The van der Waals surface area contributed by atoms with Crippen LogP contribution in [0, 0.1) is 0 Å². The molecule has 0 aliphatic carbocycles. The van der Waals surface area contributed by atoms with Crippen LogP contribution in [0.5, 0.6) is 5.75 Å². The number of ether oxygens (including phenoxy) is 1. The Bertz CT molecular complexity index is 174.